The van der Waals surface area contributed by atoms with Gasteiger partial charge in [-0.05, 0) is 31.7 Å². The molecule has 1 aliphatic rings. The van der Waals surface area contributed by atoms with E-state index in [0.29, 0.717) is 6.42 Å². The van der Waals surface area contributed by atoms with E-state index in [0.717, 1.165) is 31.9 Å². The van der Waals surface area contributed by atoms with E-state index in [-0.39, 0.29) is 23.2 Å². The van der Waals surface area contributed by atoms with Crippen LogP contribution in [0.2, 0.25) is 0 Å². The van der Waals surface area contributed by atoms with Gasteiger partial charge in [-0.25, -0.2) is 17.9 Å². The van der Waals surface area contributed by atoms with Gasteiger partial charge in [-0.2, -0.15) is 0 Å². The second kappa shape index (κ2) is 6.59. The third-order valence-corrected chi connectivity index (χ3v) is 4.97. The summed E-state index contributed by atoms with van der Waals surface area (Å²) in [7, 11) is -2.19. The van der Waals surface area contributed by atoms with Gasteiger partial charge in [0.1, 0.15) is 10.6 Å². The van der Waals surface area contributed by atoms with Crippen molar-refractivity contribution in [2.75, 3.05) is 13.2 Å². The van der Waals surface area contributed by atoms with Gasteiger partial charge in [0.2, 0.25) is 10.0 Å². The number of carboxylic acid groups (broad SMARTS) is 1. The lowest BCUT2D eigenvalue weighted by Crippen LogP contribution is -2.29. The Morgan fingerprint density at radius 1 is 1.52 bits per heavy atom. The molecule has 2 heterocycles. The van der Waals surface area contributed by atoms with E-state index in [4.69, 9.17) is 9.84 Å². The predicted molar refractivity (Wildman–Crippen MR) is 75.8 cm³/mol. The van der Waals surface area contributed by atoms with Gasteiger partial charge in [0, 0.05) is 26.4 Å². The summed E-state index contributed by atoms with van der Waals surface area (Å²) in [6, 6.07) is 1.15. The highest BCUT2D eigenvalue weighted by atomic mass is 32.2. The number of nitrogens with zero attached hydrogens (tertiary/aromatic N) is 1. The monoisotopic (exact) mass is 316 g/mol. The normalized spacial score (nSPS) is 19.6. The van der Waals surface area contributed by atoms with Crippen molar-refractivity contribution in [1.29, 1.82) is 0 Å². The number of aromatic carboxylic acids is 1. The Kier molecular flexibility index (Phi) is 5.02. The Morgan fingerprint density at radius 2 is 2.29 bits per heavy atom. The zero-order valence-electron chi connectivity index (χ0n) is 11.9. The van der Waals surface area contributed by atoms with Gasteiger partial charge in [-0.1, -0.05) is 0 Å². The minimum absolute atomic E-state index is 0.0352. The van der Waals surface area contributed by atoms with Crippen molar-refractivity contribution in [3.05, 3.63) is 18.0 Å². The molecule has 0 bridgehead atoms. The lowest BCUT2D eigenvalue weighted by atomic mass is 10.1. The smallest absolute Gasteiger partial charge is 0.352 e. The largest absolute Gasteiger partial charge is 0.477 e. The Bertz CT molecular complexity index is 602. The van der Waals surface area contributed by atoms with Crippen LogP contribution in [-0.2, 0) is 21.8 Å². The van der Waals surface area contributed by atoms with Gasteiger partial charge in [-0.3, -0.25) is 0 Å². The third-order valence-electron chi connectivity index (χ3n) is 3.54. The number of carboxylic acids is 1. The summed E-state index contributed by atoms with van der Waals surface area (Å²) >= 11 is 0. The Hall–Kier alpha value is -1.38. The molecule has 118 valence electrons. The van der Waals surface area contributed by atoms with Crippen LogP contribution in [0, 0.1) is 0 Å². The summed E-state index contributed by atoms with van der Waals surface area (Å²) in [5.41, 5.74) is -0.0639. The second-order valence-corrected chi connectivity index (χ2v) is 6.92. The molecule has 2 N–H and O–H groups in total. The summed E-state index contributed by atoms with van der Waals surface area (Å²) in [6.07, 6.45) is 5.14. The molecule has 8 heteroatoms. The molecule has 1 aliphatic heterocycles. The minimum atomic E-state index is -3.69. The highest BCUT2D eigenvalue weighted by Gasteiger charge is 2.21. The highest BCUT2D eigenvalue weighted by Crippen LogP contribution is 2.16. The van der Waals surface area contributed by atoms with Gasteiger partial charge >= 0.3 is 5.97 Å². The molecule has 1 aromatic rings. The first-order chi connectivity index (χ1) is 9.90. The van der Waals surface area contributed by atoms with Crippen LogP contribution >= 0.6 is 0 Å². The SMILES string of the molecule is Cn1cc(S(=O)(=O)NCCC2CCCCO2)cc1C(=O)O. The fourth-order valence-corrected chi connectivity index (χ4v) is 3.48. The van der Waals surface area contributed by atoms with Crippen molar-refractivity contribution < 1.29 is 23.1 Å². The highest BCUT2D eigenvalue weighted by molar-refractivity contribution is 7.89. The maximum absolute atomic E-state index is 12.1. The molecule has 0 radical (unpaired) electrons. The van der Waals surface area contributed by atoms with E-state index >= 15 is 0 Å². The summed E-state index contributed by atoms with van der Waals surface area (Å²) in [4.78, 5) is 10.9. The zero-order chi connectivity index (χ0) is 15.5. The van der Waals surface area contributed by atoms with E-state index < -0.39 is 16.0 Å². The van der Waals surface area contributed by atoms with Gasteiger partial charge in [0.05, 0.1) is 6.10 Å². The molecule has 7 nitrogen and oxygen atoms in total. The molecule has 1 unspecified atom stereocenters. The average Bonchev–Trinajstić information content (AvgIpc) is 2.83. The molecule has 1 aromatic heterocycles. The number of hydrogen-bond acceptors (Lipinski definition) is 4. The van der Waals surface area contributed by atoms with Crippen LogP contribution in [0.3, 0.4) is 0 Å². The van der Waals surface area contributed by atoms with E-state index in [1.165, 1.54) is 17.8 Å². The summed E-state index contributed by atoms with van der Waals surface area (Å²) in [5.74, 6) is -1.16. The average molecular weight is 316 g/mol. The third kappa shape index (κ3) is 4.05. The number of aryl methyl sites for hydroxylation is 1. The van der Waals surface area contributed by atoms with E-state index in [1.807, 2.05) is 0 Å². The molecule has 1 saturated heterocycles. The molecule has 1 atom stereocenters. The maximum atomic E-state index is 12.1. The van der Waals surface area contributed by atoms with Crippen LogP contribution in [0.25, 0.3) is 0 Å². The number of aromatic nitrogens is 1. The van der Waals surface area contributed by atoms with Gasteiger partial charge in [0.15, 0.2) is 0 Å². The molecule has 2 rings (SSSR count). The Labute approximate surface area is 124 Å². The zero-order valence-corrected chi connectivity index (χ0v) is 12.7. The number of ether oxygens (including phenoxy) is 1. The first-order valence-electron chi connectivity index (χ1n) is 6.91. The fourth-order valence-electron chi connectivity index (χ4n) is 2.37. The van der Waals surface area contributed by atoms with Crippen LogP contribution in [0.15, 0.2) is 17.2 Å². The van der Waals surface area contributed by atoms with Crippen molar-refractivity contribution >= 4 is 16.0 Å². The van der Waals surface area contributed by atoms with E-state index in [2.05, 4.69) is 4.72 Å². The maximum Gasteiger partial charge on any atom is 0.352 e. The molecular weight excluding hydrogens is 296 g/mol. The first-order valence-corrected chi connectivity index (χ1v) is 8.39. The lowest BCUT2D eigenvalue weighted by Gasteiger charge is -2.22. The Balaban J connectivity index is 1.95. The quantitative estimate of drug-likeness (QED) is 0.814. The van der Waals surface area contributed by atoms with Crippen LogP contribution < -0.4 is 4.72 Å². The summed E-state index contributed by atoms with van der Waals surface area (Å²) in [5, 5.41) is 8.94. The molecular formula is C13H20N2O5S. The van der Waals surface area contributed by atoms with Crippen molar-refractivity contribution in [2.45, 2.75) is 36.7 Å². The topological polar surface area (TPSA) is 97.6 Å². The van der Waals surface area contributed by atoms with Gasteiger partial charge in [0.25, 0.3) is 0 Å². The van der Waals surface area contributed by atoms with Crippen LogP contribution in [0.5, 0.6) is 0 Å². The molecule has 0 aliphatic carbocycles. The number of rotatable bonds is 6. The molecule has 0 spiro atoms. The molecule has 21 heavy (non-hydrogen) atoms. The van der Waals surface area contributed by atoms with Crippen molar-refractivity contribution in [3.63, 3.8) is 0 Å². The number of hydrogen-bond donors (Lipinski definition) is 2. The van der Waals surface area contributed by atoms with E-state index in [1.54, 1.807) is 0 Å². The van der Waals surface area contributed by atoms with Crippen molar-refractivity contribution in [1.82, 2.24) is 9.29 Å². The van der Waals surface area contributed by atoms with Gasteiger partial charge in [-0.15, -0.1) is 0 Å². The first kappa shape index (κ1) is 16.0. The predicted octanol–water partition coefficient (Wildman–Crippen LogP) is 0.961. The summed E-state index contributed by atoms with van der Waals surface area (Å²) < 4.78 is 33.5. The molecule has 0 saturated carbocycles. The lowest BCUT2D eigenvalue weighted by molar-refractivity contribution is 0.0123. The van der Waals surface area contributed by atoms with E-state index in [9.17, 15) is 13.2 Å². The number of nitrogens with one attached hydrogen (secondary N) is 1. The van der Waals surface area contributed by atoms with Crippen LogP contribution in [0.4, 0.5) is 0 Å². The molecule has 1 fully saturated rings. The van der Waals surface area contributed by atoms with Crippen molar-refractivity contribution in [2.24, 2.45) is 7.05 Å². The number of carbonyl (C=O) groups is 1. The minimum Gasteiger partial charge on any atom is -0.477 e. The van der Waals surface area contributed by atoms with Crippen molar-refractivity contribution in [3.8, 4) is 0 Å². The fraction of sp³-hybridized carbons (Fsp3) is 0.615. The molecule has 0 aromatic carbocycles. The number of sulfonamides is 1. The van der Waals surface area contributed by atoms with Crippen LogP contribution in [0.1, 0.15) is 36.2 Å². The van der Waals surface area contributed by atoms with Crippen LogP contribution in [-0.4, -0.2) is 43.3 Å². The van der Waals surface area contributed by atoms with Gasteiger partial charge < -0.3 is 14.4 Å². The standard InChI is InChI=1S/C13H20N2O5S/c1-15-9-11(8-12(15)13(16)17)21(18,19)14-6-5-10-4-2-3-7-20-10/h8-10,14H,2-7H2,1H3,(H,16,17). The second-order valence-electron chi connectivity index (χ2n) is 5.15. The summed E-state index contributed by atoms with van der Waals surface area (Å²) in [6.45, 7) is 1.02. The Morgan fingerprint density at radius 3 is 2.86 bits per heavy atom. The molecule has 0 amide bonds.